The molecule has 1 saturated heterocycles. The van der Waals surface area contributed by atoms with Crippen LogP contribution < -0.4 is 5.43 Å². The Hall–Kier alpha value is -0.940. The van der Waals surface area contributed by atoms with Crippen LogP contribution in [0.25, 0.3) is 0 Å². The highest BCUT2D eigenvalue weighted by Crippen LogP contribution is 2.10. The Bertz CT molecular complexity index is 315. The van der Waals surface area contributed by atoms with Crippen molar-refractivity contribution in [1.82, 2.24) is 10.4 Å². The van der Waals surface area contributed by atoms with Gasteiger partial charge in [-0.1, -0.05) is 0 Å². The zero-order valence-corrected chi connectivity index (χ0v) is 8.23. The maximum atomic E-state index is 4.96. The van der Waals surface area contributed by atoms with Crippen molar-refractivity contribution in [3.8, 4) is 0 Å². The van der Waals surface area contributed by atoms with Crippen LogP contribution in [0.2, 0.25) is 0 Å². The first kappa shape index (κ1) is 8.65. The number of thiazole rings is 1. The lowest BCUT2D eigenvalue weighted by Crippen LogP contribution is -2.29. The molecular formula is C8H11N3OS. The second kappa shape index (κ2) is 3.85. The quantitative estimate of drug-likeness (QED) is 0.733. The summed E-state index contributed by atoms with van der Waals surface area (Å²) in [7, 11) is 0. The standard InChI is InChI=1S/C8H11N3OS/c1-6-9-2-8(13-6)3-10-11-7-4-12-5-7/h2,10H,3-5H2,1H3. The minimum atomic E-state index is 0.675. The van der Waals surface area contributed by atoms with E-state index in [0.717, 1.165) is 17.3 Å². The molecule has 0 aliphatic carbocycles. The van der Waals surface area contributed by atoms with E-state index in [2.05, 4.69) is 15.5 Å². The van der Waals surface area contributed by atoms with E-state index in [1.807, 2.05) is 13.1 Å². The van der Waals surface area contributed by atoms with Gasteiger partial charge in [-0.15, -0.1) is 11.3 Å². The second-order valence-electron chi connectivity index (χ2n) is 2.85. The van der Waals surface area contributed by atoms with Crippen LogP contribution in [0.5, 0.6) is 0 Å². The maximum absolute atomic E-state index is 4.96. The Morgan fingerprint density at radius 1 is 1.69 bits per heavy atom. The zero-order chi connectivity index (χ0) is 9.10. The molecule has 4 nitrogen and oxygen atoms in total. The normalized spacial score (nSPS) is 15.3. The minimum Gasteiger partial charge on any atom is -0.369 e. The van der Waals surface area contributed by atoms with Crippen molar-refractivity contribution >= 4 is 17.0 Å². The number of aromatic nitrogens is 1. The predicted octanol–water partition coefficient (Wildman–Crippen LogP) is 0.927. The highest BCUT2D eigenvalue weighted by Gasteiger charge is 2.09. The van der Waals surface area contributed by atoms with E-state index in [1.54, 1.807) is 11.3 Å². The van der Waals surface area contributed by atoms with Gasteiger partial charge in [-0.25, -0.2) is 4.98 Å². The van der Waals surface area contributed by atoms with Gasteiger partial charge in [-0.05, 0) is 6.92 Å². The highest BCUT2D eigenvalue weighted by molar-refractivity contribution is 7.11. The van der Waals surface area contributed by atoms with Gasteiger partial charge in [0.2, 0.25) is 0 Å². The van der Waals surface area contributed by atoms with Crippen molar-refractivity contribution in [2.24, 2.45) is 5.10 Å². The molecule has 0 saturated carbocycles. The summed E-state index contributed by atoms with van der Waals surface area (Å²) in [6.45, 7) is 4.11. The van der Waals surface area contributed by atoms with Crippen molar-refractivity contribution in [3.63, 3.8) is 0 Å². The van der Waals surface area contributed by atoms with Crippen molar-refractivity contribution in [2.45, 2.75) is 13.5 Å². The average molecular weight is 197 g/mol. The summed E-state index contributed by atoms with van der Waals surface area (Å²) < 4.78 is 4.96. The summed E-state index contributed by atoms with van der Waals surface area (Å²) in [5.74, 6) is 0. The molecule has 0 spiro atoms. The molecule has 1 aromatic rings. The van der Waals surface area contributed by atoms with Crippen LogP contribution in [0.15, 0.2) is 11.3 Å². The third-order valence-corrected chi connectivity index (χ3v) is 2.61. The molecule has 13 heavy (non-hydrogen) atoms. The fourth-order valence-corrected chi connectivity index (χ4v) is 1.70. The maximum Gasteiger partial charge on any atom is 0.0897 e. The molecule has 5 heteroatoms. The molecule has 1 aromatic heterocycles. The lowest BCUT2D eigenvalue weighted by atomic mass is 10.3. The van der Waals surface area contributed by atoms with Crippen LogP contribution in [0.4, 0.5) is 0 Å². The summed E-state index contributed by atoms with van der Waals surface area (Å²) in [5, 5.41) is 5.25. The van der Waals surface area contributed by atoms with Crippen LogP contribution >= 0.6 is 11.3 Å². The van der Waals surface area contributed by atoms with Gasteiger partial charge >= 0.3 is 0 Å². The van der Waals surface area contributed by atoms with Crippen LogP contribution in [-0.4, -0.2) is 23.9 Å². The van der Waals surface area contributed by atoms with Crippen LogP contribution in [-0.2, 0) is 11.3 Å². The molecule has 0 amide bonds. The van der Waals surface area contributed by atoms with Gasteiger partial charge in [0.25, 0.3) is 0 Å². The number of ether oxygens (including phenoxy) is 1. The molecule has 0 unspecified atom stereocenters. The molecule has 1 aliphatic heterocycles. The summed E-state index contributed by atoms with van der Waals surface area (Å²) in [6, 6.07) is 0. The number of hydrogen-bond donors (Lipinski definition) is 1. The van der Waals surface area contributed by atoms with Gasteiger partial charge in [0.1, 0.15) is 0 Å². The largest absolute Gasteiger partial charge is 0.369 e. The monoisotopic (exact) mass is 197 g/mol. The molecule has 0 atom stereocenters. The number of hydrogen-bond acceptors (Lipinski definition) is 5. The molecule has 1 aliphatic rings. The second-order valence-corrected chi connectivity index (χ2v) is 4.17. The fourth-order valence-electron chi connectivity index (χ4n) is 0.974. The minimum absolute atomic E-state index is 0.675. The smallest absolute Gasteiger partial charge is 0.0897 e. The van der Waals surface area contributed by atoms with Crippen LogP contribution in [0.1, 0.15) is 9.88 Å². The van der Waals surface area contributed by atoms with E-state index in [-0.39, 0.29) is 0 Å². The third kappa shape index (κ3) is 2.26. The van der Waals surface area contributed by atoms with E-state index in [4.69, 9.17) is 4.74 Å². The summed E-state index contributed by atoms with van der Waals surface area (Å²) >= 11 is 1.69. The Balaban J connectivity index is 1.79. The molecule has 70 valence electrons. The first-order valence-electron chi connectivity index (χ1n) is 4.12. The molecule has 2 heterocycles. The fraction of sp³-hybridized carbons (Fsp3) is 0.500. The SMILES string of the molecule is Cc1ncc(CNN=C2COC2)s1. The number of rotatable bonds is 3. The molecule has 2 rings (SSSR count). The van der Waals surface area contributed by atoms with E-state index in [0.29, 0.717) is 13.2 Å². The van der Waals surface area contributed by atoms with Crippen molar-refractivity contribution in [2.75, 3.05) is 13.2 Å². The Morgan fingerprint density at radius 2 is 2.54 bits per heavy atom. The predicted molar refractivity (Wildman–Crippen MR) is 51.9 cm³/mol. The molecule has 0 aromatic carbocycles. The van der Waals surface area contributed by atoms with Crippen LogP contribution in [0.3, 0.4) is 0 Å². The van der Waals surface area contributed by atoms with Crippen molar-refractivity contribution in [3.05, 3.63) is 16.1 Å². The lowest BCUT2D eigenvalue weighted by Gasteiger charge is -2.15. The Morgan fingerprint density at radius 3 is 3.08 bits per heavy atom. The van der Waals surface area contributed by atoms with Gasteiger partial charge in [-0.2, -0.15) is 5.10 Å². The number of aryl methyl sites for hydroxylation is 1. The summed E-state index contributed by atoms with van der Waals surface area (Å²) in [4.78, 5) is 5.36. The third-order valence-electron chi connectivity index (χ3n) is 1.70. The van der Waals surface area contributed by atoms with E-state index >= 15 is 0 Å². The van der Waals surface area contributed by atoms with Gasteiger partial charge in [-0.3, -0.25) is 0 Å². The number of hydrazone groups is 1. The number of nitrogens with zero attached hydrogens (tertiary/aromatic N) is 2. The average Bonchev–Trinajstić information content (AvgIpc) is 2.42. The Kier molecular flexibility index (Phi) is 2.56. The highest BCUT2D eigenvalue weighted by atomic mass is 32.1. The van der Waals surface area contributed by atoms with Gasteiger partial charge in [0.05, 0.1) is 30.5 Å². The van der Waals surface area contributed by atoms with E-state index in [1.165, 1.54) is 4.88 Å². The van der Waals surface area contributed by atoms with Crippen molar-refractivity contribution in [1.29, 1.82) is 0 Å². The topological polar surface area (TPSA) is 46.5 Å². The molecule has 0 bridgehead atoms. The summed E-state index contributed by atoms with van der Waals surface area (Å²) in [5.41, 5.74) is 4.08. The Labute approximate surface area is 80.6 Å². The lowest BCUT2D eigenvalue weighted by molar-refractivity contribution is 0.158. The van der Waals surface area contributed by atoms with Crippen LogP contribution in [0, 0.1) is 6.92 Å². The first-order chi connectivity index (χ1) is 6.34. The molecule has 0 radical (unpaired) electrons. The van der Waals surface area contributed by atoms with Gasteiger partial charge in [0, 0.05) is 11.1 Å². The molecule has 1 fully saturated rings. The molecular weight excluding hydrogens is 186 g/mol. The summed E-state index contributed by atoms with van der Waals surface area (Å²) in [6.07, 6.45) is 1.88. The first-order valence-corrected chi connectivity index (χ1v) is 4.93. The molecule has 1 N–H and O–H groups in total. The number of nitrogens with one attached hydrogen (secondary N) is 1. The van der Waals surface area contributed by atoms with Gasteiger partial charge < -0.3 is 10.2 Å². The van der Waals surface area contributed by atoms with Gasteiger partial charge in [0.15, 0.2) is 0 Å². The van der Waals surface area contributed by atoms with Crippen molar-refractivity contribution < 1.29 is 4.74 Å². The zero-order valence-electron chi connectivity index (χ0n) is 7.41. The van der Waals surface area contributed by atoms with E-state index in [9.17, 15) is 0 Å². The van der Waals surface area contributed by atoms with E-state index < -0.39 is 0 Å².